The van der Waals surface area contributed by atoms with E-state index < -0.39 is 0 Å². The largest absolute Gasteiger partial charge is 0.473 e. The first kappa shape index (κ1) is 16.3. The van der Waals surface area contributed by atoms with Gasteiger partial charge in [-0.05, 0) is 55.8 Å². The molecule has 0 amide bonds. The molecule has 0 radical (unpaired) electrons. The first-order chi connectivity index (χ1) is 12.6. The SMILES string of the molecule is Cc1nc(-c2ccc(F)cc2)nc(OCc2ccc3c(c2)OCO3)c1C. The Labute approximate surface area is 150 Å². The summed E-state index contributed by atoms with van der Waals surface area (Å²) in [6, 6.07) is 11.8. The standard InChI is InChI=1S/C20H17FN2O3/c1-12-13(2)22-19(15-4-6-16(21)7-5-15)23-20(12)24-10-14-3-8-17-18(9-14)26-11-25-17/h3-9H,10-11H2,1-2H3. The summed E-state index contributed by atoms with van der Waals surface area (Å²) in [4.78, 5) is 8.99. The van der Waals surface area contributed by atoms with E-state index in [2.05, 4.69) is 9.97 Å². The van der Waals surface area contributed by atoms with Gasteiger partial charge in [0.1, 0.15) is 12.4 Å². The van der Waals surface area contributed by atoms with Gasteiger partial charge in [-0.25, -0.2) is 9.37 Å². The van der Waals surface area contributed by atoms with E-state index in [1.54, 1.807) is 12.1 Å². The molecular weight excluding hydrogens is 335 g/mol. The second-order valence-electron chi connectivity index (χ2n) is 6.05. The number of benzene rings is 2. The highest BCUT2D eigenvalue weighted by molar-refractivity contribution is 5.56. The number of aryl methyl sites for hydroxylation is 1. The van der Waals surface area contributed by atoms with Crippen LogP contribution in [0.3, 0.4) is 0 Å². The van der Waals surface area contributed by atoms with E-state index in [0.29, 0.717) is 24.1 Å². The lowest BCUT2D eigenvalue weighted by Gasteiger charge is -2.12. The Balaban J connectivity index is 1.58. The number of hydrogen-bond acceptors (Lipinski definition) is 5. The fourth-order valence-electron chi connectivity index (χ4n) is 2.65. The molecule has 0 atom stereocenters. The quantitative estimate of drug-likeness (QED) is 0.704. The summed E-state index contributed by atoms with van der Waals surface area (Å²) in [6.45, 7) is 4.40. The zero-order chi connectivity index (χ0) is 18.1. The van der Waals surface area contributed by atoms with Crippen molar-refractivity contribution in [2.45, 2.75) is 20.5 Å². The second-order valence-corrected chi connectivity index (χ2v) is 6.05. The number of hydrogen-bond donors (Lipinski definition) is 0. The molecule has 132 valence electrons. The third-order valence-corrected chi connectivity index (χ3v) is 4.26. The molecule has 4 rings (SSSR count). The highest BCUT2D eigenvalue weighted by Gasteiger charge is 2.15. The minimum Gasteiger partial charge on any atom is -0.473 e. The molecule has 26 heavy (non-hydrogen) atoms. The summed E-state index contributed by atoms with van der Waals surface area (Å²) in [6.07, 6.45) is 0. The number of halogens is 1. The highest BCUT2D eigenvalue weighted by Crippen LogP contribution is 2.33. The van der Waals surface area contributed by atoms with E-state index in [9.17, 15) is 4.39 Å². The summed E-state index contributed by atoms with van der Waals surface area (Å²) in [5.74, 6) is 2.18. The molecule has 0 unspecified atom stereocenters. The van der Waals surface area contributed by atoms with Crippen molar-refractivity contribution in [1.29, 1.82) is 0 Å². The highest BCUT2D eigenvalue weighted by atomic mass is 19.1. The molecule has 0 saturated heterocycles. The van der Waals surface area contributed by atoms with Gasteiger partial charge in [0.15, 0.2) is 17.3 Å². The summed E-state index contributed by atoms with van der Waals surface area (Å²) >= 11 is 0. The van der Waals surface area contributed by atoms with Crippen molar-refractivity contribution in [3.8, 4) is 28.8 Å². The summed E-state index contributed by atoms with van der Waals surface area (Å²) < 4.78 is 29.8. The Morgan fingerprint density at radius 2 is 1.77 bits per heavy atom. The van der Waals surface area contributed by atoms with E-state index >= 15 is 0 Å². The predicted octanol–water partition coefficient (Wildman–Crippen LogP) is 4.21. The molecule has 0 bridgehead atoms. The van der Waals surface area contributed by atoms with Crippen LogP contribution in [0.5, 0.6) is 17.4 Å². The van der Waals surface area contributed by atoms with Crippen molar-refractivity contribution in [2.75, 3.05) is 6.79 Å². The molecule has 1 aliphatic heterocycles. The molecule has 0 N–H and O–H groups in total. The molecule has 1 aliphatic rings. The average Bonchev–Trinajstić information content (AvgIpc) is 3.11. The first-order valence-corrected chi connectivity index (χ1v) is 8.22. The zero-order valence-electron chi connectivity index (χ0n) is 14.5. The normalized spacial score (nSPS) is 12.3. The molecular formula is C20H17FN2O3. The van der Waals surface area contributed by atoms with Crippen LogP contribution in [0.2, 0.25) is 0 Å². The van der Waals surface area contributed by atoms with Gasteiger partial charge in [-0.3, -0.25) is 0 Å². The number of rotatable bonds is 4. The smallest absolute Gasteiger partial charge is 0.231 e. The Morgan fingerprint density at radius 1 is 1.00 bits per heavy atom. The molecule has 3 aromatic rings. The second kappa shape index (κ2) is 6.63. The van der Waals surface area contributed by atoms with E-state index in [4.69, 9.17) is 14.2 Å². The third kappa shape index (κ3) is 3.18. The van der Waals surface area contributed by atoms with Crippen LogP contribution in [0.25, 0.3) is 11.4 Å². The van der Waals surface area contributed by atoms with E-state index in [1.807, 2.05) is 32.0 Å². The molecule has 6 heteroatoms. The van der Waals surface area contributed by atoms with Gasteiger partial charge in [0.05, 0.1) is 0 Å². The van der Waals surface area contributed by atoms with Gasteiger partial charge < -0.3 is 14.2 Å². The van der Waals surface area contributed by atoms with Crippen molar-refractivity contribution in [3.63, 3.8) is 0 Å². The van der Waals surface area contributed by atoms with Crippen molar-refractivity contribution in [1.82, 2.24) is 9.97 Å². The lowest BCUT2D eigenvalue weighted by Crippen LogP contribution is -2.04. The van der Waals surface area contributed by atoms with Crippen molar-refractivity contribution >= 4 is 0 Å². The Kier molecular flexibility index (Phi) is 4.16. The van der Waals surface area contributed by atoms with Crippen molar-refractivity contribution < 1.29 is 18.6 Å². The zero-order valence-corrected chi connectivity index (χ0v) is 14.5. The molecule has 1 aromatic heterocycles. The average molecular weight is 352 g/mol. The summed E-state index contributed by atoms with van der Waals surface area (Å²) in [5.41, 5.74) is 3.38. The van der Waals surface area contributed by atoms with Crippen LogP contribution in [0.1, 0.15) is 16.8 Å². The lowest BCUT2D eigenvalue weighted by atomic mass is 10.2. The maximum absolute atomic E-state index is 13.1. The van der Waals surface area contributed by atoms with Crippen molar-refractivity contribution in [2.24, 2.45) is 0 Å². The van der Waals surface area contributed by atoms with E-state index in [-0.39, 0.29) is 12.6 Å². The molecule has 0 spiro atoms. The fourth-order valence-corrected chi connectivity index (χ4v) is 2.65. The molecule has 0 aliphatic carbocycles. The van der Waals surface area contributed by atoms with Gasteiger partial charge in [0, 0.05) is 16.8 Å². The number of ether oxygens (including phenoxy) is 3. The third-order valence-electron chi connectivity index (χ3n) is 4.26. The van der Waals surface area contributed by atoms with Crippen LogP contribution >= 0.6 is 0 Å². The van der Waals surface area contributed by atoms with Crippen LogP contribution < -0.4 is 14.2 Å². The number of fused-ring (bicyclic) bond motifs is 1. The van der Waals surface area contributed by atoms with Gasteiger partial charge in [-0.2, -0.15) is 4.98 Å². The monoisotopic (exact) mass is 352 g/mol. The lowest BCUT2D eigenvalue weighted by molar-refractivity contribution is 0.174. The number of nitrogens with zero attached hydrogens (tertiary/aromatic N) is 2. The van der Waals surface area contributed by atoms with Crippen LogP contribution in [-0.4, -0.2) is 16.8 Å². The van der Waals surface area contributed by atoms with Crippen molar-refractivity contribution in [3.05, 3.63) is 65.1 Å². The summed E-state index contributed by atoms with van der Waals surface area (Å²) in [7, 11) is 0. The van der Waals surface area contributed by atoms with Crippen LogP contribution in [0.15, 0.2) is 42.5 Å². The van der Waals surface area contributed by atoms with Crippen LogP contribution in [0.4, 0.5) is 4.39 Å². The van der Waals surface area contributed by atoms with E-state index in [0.717, 1.165) is 28.1 Å². The van der Waals surface area contributed by atoms with Crippen LogP contribution in [0, 0.1) is 19.7 Å². The van der Waals surface area contributed by atoms with Gasteiger partial charge >= 0.3 is 0 Å². The van der Waals surface area contributed by atoms with E-state index in [1.165, 1.54) is 12.1 Å². The number of aromatic nitrogens is 2. The van der Waals surface area contributed by atoms with Gasteiger partial charge in [-0.1, -0.05) is 6.07 Å². The Bertz CT molecular complexity index is 958. The summed E-state index contributed by atoms with van der Waals surface area (Å²) in [5, 5.41) is 0. The molecule has 0 fully saturated rings. The first-order valence-electron chi connectivity index (χ1n) is 8.22. The minimum atomic E-state index is -0.295. The molecule has 5 nitrogen and oxygen atoms in total. The maximum atomic E-state index is 13.1. The topological polar surface area (TPSA) is 53.5 Å². The Morgan fingerprint density at radius 3 is 2.58 bits per heavy atom. The van der Waals surface area contributed by atoms with Gasteiger partial charge in [0.25, 0.3) is 0 Å². The maximum Gasteiger partial charge on any atom is 0.231 e. The molecule has 0 saturated carbocycles. The Hall–Kier alpha value is -3.15. The molecule has 2 heterocycles. The minimum absolute atomic E-state index is 0.241. The van der Waals surface area contributed by atoms with Gasteiger partial charge in [-0.15, -0.1) is 0 Å². The predicted molar refractivity (Wildman–Crippen MR) is 93.8 cm³/mol. The van der Waals surface area contributed by atoms with Crippen LogP contribution in [-0.2, 0) is 6.61 Å². The van der Waals surface area contributed by atoms with Gasteiger partial charge in [0.2, 0.25) is 12.7 Å². The molecule has 2 aromatic carbocycles. The fraction of sp³-hybridized carbons (Fsp3) is 0.200.